The van der Waals surface area contributed by atoms with Gasteiger partial charge in [0.1, 0.15) is 6.04 Å². The monoisotopic (exact) mass is 214 g/mol. The molecule has 2 N–H and O–H groups in total. The number of methoxy groups -OCH3 is 1. The van der Waals surface area contributed by atoms with Crippen molar-refractivity contribution < 1.29 is 9.53 Å². The summed E-state index contributed by atoms with van der Waals surface area (Å²) in [7, 11) is 1.46. The molecule has 0 aliphatic carbocycles. The Kier molecular flexibility index (Phi) is 5.05. The lowest BCUT2D eigenvalue weighted by atomic mass is 9.99. The summed E-state index contributed by atoms with van der Waals surface area (Å²) in [5.74, 6) is -0.0985. The standard InChI is InChI=1S/C11H22N2O2/c1-9(6-7-12)13-8-4-3-5-10(13)11(14)15-2/h9-10H,3-8,12H2,1-2H3. The van der Waals surface area contributed by atoms with Crippen molar-refractivity contribution in [1.29, 1.82) is 0 Å². The third kappa shape index (κ3) is 3.18. The number of rotatable bonds is 4. The summed E-state index contributed by atoms with van der Waals surface area (Å²) in [4.78, 5) is 13.8. The van der Waals surface area contributed by atoms with Gasteiger partial charge in [-0.3, -0.25) is 9.69 Å². The Hall–Kier alpha value is -0.610. The molecule has 1 rings (SSSR count). The van der Waals surface area contributed by atoms with E-state index >= 15 is 0 Å². The summed E-state index contributed by atoms with van der Waals surface area (Å²) < 4.78 is 4.84. The van der Waals surface area contributed by atoms with Crippen LogP contribution in [0.3, 0.4) is 0 Å². The van der Waals surface area contributed by atoms with Crippen LogP contribution < -0.4 is 5.73 Å². The SMILES string of the molecule is COC(=O)C1CCCCN1C(C)CCN. The van der Waals surface area contributed by atoms with E-state index in [0.717, 1.165) is 25.8 Å². The molecule has 0 saturated carbocycles. The summed E-state index contributed by atoms with van der Waals surface area (Å²) >= 11 is 0. The highest BCUT2D eigenvalue weighted by Crippen LogP contribution is 2.21. The maximum atomic E-state index is 11.6. The van der Waals surface area contributed by atoms with Crippen LogP contribution in [0.5, 0.6) is 0 Å². The molecule has 0 radical (unpaired) electrons. The van der Waals surface area contributed by atoms with Crippen molar-refractivity contribution in [2.24, 2.45) is 5.73 Å². The predicted molar refractivity (Wildman–Crippen MR) is 59.5 cm³/mol. The van der Waals surface area contributed by atoms with Gasteiger partial charge < -0.3 is 10.5 Å². The average Bonchev–Trinajstić information content (AvgIpc) is 2.28. The quantitative estimate of drug-likeness (QED) is 0.702. The van der Waals surface area contributed by atoms with E-state index in [9.17, 15) is 4.79 Å². The zero-order valence-electron chi connectivity index (χ0n) is 9.74. The number of ether oxygens (including phenoxy) is 1. The molecule has 4 nitrogen and oxygen atoms in total. The van der Waals surface area contributed by atoms with Gasteiger partial charge in [0.15, 0.2) is 0 Å². The van der Waals surface area contributed by atoms with E-state index in [-0.39, 0.29) is 12.0 Å². The van der Waals surface area contributed by atoms with Crippen molar-refractivity contribution in [2.45, 2.75) is 44.7 Å². The van der Waals surface area contributed by atoms with Crippen LogP contribution in [0.25, 0.3) is 0 Å². The van der Waals surface area contributed by atoms with E-state index in [2.05, 4.69) is 11.8 Å². The van der Waals surface area contributed by atoms with E-state index in [4.69, 9.17) is 10.5 Å². The molecule has 15 heavy (non-hydrogen) atoms. The number of hydrogen-bond acceptors (Lipinski definition) is 4. The predicted octanol–water partition coefficient (Wildman–Crippen LogP) is 0.751. The molecule has 0 aromatic rings. The fraction of sp³-hybridized carbons (Fsp3) is 0.909. The maximum absolute atomic E-state index is 11.6. The van der Waals surface area contributed by atoms with Crippen molar-refractivity contribution in [3.63, 3.8) is 0 Å². The molecule has 0 aromatic carbocycles. The topological polar surface area (TPSA) is 55.6 Å². The number of nitrogens with two attached hydrogens (primary N) is 1. The molecular weight excluding hydrogens is 192 g/mol. The number of likely N-dealkylation sites (tertiary alicyclic amines) is 1. The van der Waals surface area contributed by atoms with Gasteiger partial charge in [-0.25, -0.2) is 0 Å². The van der Waals surface area contributed by atoms with Gasteiger partial charge >= 0.3 is 5.97 Å². The molecule has 1 aliphatic heterocycles. The number of piperidine rings is 1. The number of carbonyl (C=O) groups excluding carboxylic acids is 1. The van der Waals surface area contributed by atoms with Crippen LogP contribution in [0.2, 0.25) is 0 Å². The second kappa shape index (κ2) is 6.08. The van der Waals surface area contributed by atoms with Crippen LogP contribution >= 0.6 is 0 Å². The minimum atomic E-state index is -0.0985. The van der Waals surface area contributed by atoms with Crippen LogP contribution in [0.4, 0.5) is 0 Å². The minimum absolute atomic E-state index is 0.0506. The summed E-state index contributed by atoms with van der Waals surface area (Å²) in [6.45, 7) is 3.79. The first-order valence-corrected chi connectivity index (χ1v) is 5.74. The first-order chi connectivity index (χ1) is 7.20. The Morgan fingerprint density at radius 3 is 2.93 bits per heavy atom. The van der Waals surface area contributed by atoms with Gasteiger partial charge in [-0.05, 0) is 39.3 Å². The molecule has 88 valence electrons. The third-order valence-corrected chi connectivity index (χ3v) is 3.17. The largest absolute Gasteiger partial charge is 0.468 e. The van der Waals surface area contributed by atoms with Gasteiger partial charge in [-0.15, -0.1) is 0 Å². The molecule has 0 amide bonds. The number of esters is 1. The van der Waals surface area contributed by atoms with Crippen LogP contribution in [0, 0.1) is 0 Å². The van der Waals surface area contributed by atoms with Crippen molar-refractivity contribution >= 4 is 5.97 Å². The van der Waals surface area contributed by atoms with E-state index in [1.165, 1.54) is 13.5 Å². The minimum Gasteiger partial charge on any atom is -0.468 e. The number of carbonyl (C=O) groups is 1. The third-order valence-electron chi connectivity index (χ3n) is 3.17. The Labute approximate surface area is 91.8 Å². The zero-order valence-corrected chi connectivity index (χ0v) is 9.74. The Balaban J connectivity index is 2.60. The molecule has 1 heterocycles. The molecule has 0 bridgehead atoms. The second-order valence-electron chi connectivity index (χ2n) is 4.20. The molecule has 2 atom stereocenters. The van der Waals surface area contributed by atoms with Crippen LogP contribution in [0.15, 0.2) is 0 Å². The molecule has 0 aromatic heterocycles. The lowest BCUT2D eigenvalue weighted by Crippen LogP contribution is -2.50. The molecule has 1 saturated heterocycles. The average molecular weight is 214 g/mol. The van der Waals surface area contributed by atoms with Gasteiger partial charge in [0, 0.05) is 6.04 Å². The zero-order chi connectivity index (χ0) is 11.3. The molecular formula is C11H22N2O2. The highest BCUT2D eigenvalue weighted by atomic mass is 16.5. The highest BCUT2D eigenvalue weighted by molar-refractivity contribution is 5.75. The second-order valence-corrected chi connectivity index (χ2v) is 4.20. The van der Waals surface area contributed by atoms with Gasteiger partial charge in [0.2, 0.25) is 0 Å². The molecule has 1 fully saturated rings. The van der Waals surface area contributed by atoms with E-state index in [1.807, 2.05) is 0 Å². The van der Waals surface area contributed by atoms with Crippen molar-refractivity contribution in [3.8, 4) is 0 Å². The first kappa shape index (κ1) is 12.5. The van der Waals surface area contributed by atoms with E-state index in [1.54, 1.807) is 0 Å². The van der Waals surface area contributed by atoms with E-state index < -0.39 is 0 Å². The lowest BCUT2D eigenvalue weighted by molar-refractivity contribution is -0.149. The van der Waals surface area contributed by atoms with Crippen LogP contribution in [-0.4, -0.2) is 43.2 Å². The molecule has 0 spiro atoms. The summed E-state index contributed by atoms with van der Waals surface area (Å²) in [5.41, 5.74) is 5.55. The van der Waals surface area contributed by atoms with Crippen LogP contribution in [0.1, 0.15) is 32.6 Å². The van der Waals surface area contributed by atoms with Crippen molar-refractivity contribution in [1.82, 2.24) is 4.90 Å². The fourth-order valence-electron chi connectivity index (χ4n) is 2.28. The summed E-state index contributed by atoms with van der Waals surface area (Å²) in [6, 6.07) is 0.324. The van der Waals surface area contributed by atoms with Gasteiger partial charge in [-0.2, -0.15) is 0 Å². The summed E-state index contributed by atoms with van der Waals surface area (Å²) in [6.07, 6.45) is 4.14. The number of hydrogen-bond donors (Lipinski definition) is 1. The summed E-state index contributed by atoms with van der Waals surface area (Å²) in [5, 5.41) is 0. The smallest absolute Gasteiger partial charge is 0.323 e. The Morgan fingerprint density at radius 2 is 2.33 bits per heavy atom. The maximum Gasteiger partial charge on any atom is 0.323 e. The molecule has 4 heteroatoms. The lowest BCUT2D eigenvalue weighted by Gasteiger charge is -2.38. The number of nitrogens with zero attached hydrogens (tertiary/aromatic N) is 1. The van der Waals surface area contributed by atoms with E-state index in [0.29, 0.717) is 12.6 Å². The normalized spacial score (nSPS) is 24.9. The van der Waals surface area contributed by atoms with Gasteiger partial charge in [-0.1, -0.05) is 6.42 Å². The molecule has 2 unspecified atom stereocenters. The first-order valence-electron chi connectivity index (χ1n) is 5.74. The van der Waals surface area contributed by atoms with Crippen molar-refractivity contribution in [3.05, 3.63) is 0 Å². The van der Waals surface area contributed by atoms with Gasteiger partial charge in [0.25, 0.3) is 0 Å². The van der Waals surface area contributed by atoms with Gasteiger partial charge in [0.05, 0.1) is 7.11 Å². The van der Waals surface area contributed by atoms with Crippen LogP contribution in [-0.2, 0) is 9.53 Å². The Bertz CT molecular complexity index is 209. The fourth-order valence-corrected chi connectivity index (χ4v) is 2.28. The Morgan fingerprint density at radius 1 is 1.60 bits per heavy atom. The molecule has 1 aliphatic rings. The van der Waals surface area contributed by atoms with Crippen molar-refractivity contribution in [2.75, 3.05) is 20.2 Å². The highest BCUT2D eigenvalue weighted by Gasteiger charge is 2.31.